The molecule has 41 heavy (non-hydrogen) atoms. The molecule has 5 rings (SSSR count). The molecule has 0 saturated heterocycles. The van der Waals surface area contributed by atoms with Crippen molar-refractivity contribution in [3.63, 3.8) is 0 Å². The van der Waals surface area contributed by atoms with Crippen LogP contribution in [0.15, 0.2) is 60.7 Å². The minimum atomic E-state index is -0.970. The maximum atomic E-state index is 13.4. The average molecular weight is 590 g/mol. The van der Waals surface area contributed by atoms with E-state index in [1.54, 1.807) is 23.3 Å². The van der Waals surface area contributed by atoms with E-state index in [4.69, 9.17) is 16.6 Å². The van der Waals surface area contributed by atoms with Crippen LogP contribution in [0, 0.1) is 0 Å². The molecular weight excluding hydrogens is 552 g/mol. The van der Waals surface area contributed by atoms with Crippen molar-refractivity contribution < 1.29 is 9.59 Å². The molecular formula is C33H38ClN4O2S+. The molecule has 6 nitrogen and oxygen atoms in total. The maximum absolute atomic E-state index is 13.4. The predicted octanol–water partition coefficient (Wildman–Crippen LogP) is 7.55. The number of benzene rings is 3. The summed E-state index contributed by atoms with van der Waals surface area (Å²) < 4.78 is 2.31. The highest BCUT2D eigenvalue weighted by atomic mass is 35.5. The van der Waals surface area contributed by atoms with Gasteiger partial charge in [-0.1, -0.05) is 29.8 Å². The van der Waals surface area contributed by atoms with Gasteiger partial charge in [-0.05, 0) is 62.4 Å². The average Bonchev–Trinajstić information content (AvgIpc) is 2.97. The van der Waals surface area contributed by atoms with Crippen LogP contribution in [0.2, 0.25) is 5.02 Å². The number of fused-ring (bicyclic) bond motifs is 2. The molecule has 3 aromatic carbocycles. The molecule has 1 heterocycles. The van der Waals surface area contributed by atoms with E-state index in [1.165, 1.54) is 0 Å². The number of amides is 1. The van der Waals surface area contributed by atoms with Gasteiger partial charge in [0.2, 0.25) is 17.2 Å². The van der Waals surface area contributed by atoms with E-state index in [0.29, 0.717) is 24.3 Å². The first-order valence-corrected chi connectivity index (χ1v) is 15.5. The first kappa shape index (κ1) is 29.2. The minimum absolute atomic E-state index is 0.00891. The van der Waals surface area contributed by atoms with Gasteiger partial charge in [0.1, 0.15) is 16.6 Å². The Morgan fingerprint density at radius 1 is 0.927 bits per heavy atom. The second kappa shape index (κ2) is 12.3. The number of carbonyl (C=O) groups excluding carboxylic acids is 2. The van der Waals surface area contributed by atoms with Crippen LogP contribution in [-0.2, 0) is 15.1 Å². The van der Waals surface area contributed by atoms with E-state index in [2.05, 4.69) is 53.2 Å². The molecule has 0 N–H and O–H groups in total. The molecule has 1 fully saturated rings. The number of halogens is 1. The zero-order valence-corrected chi connectivity index (χ0v) is 25.9. The number of rotatable bonds is 9. The van der Waals surface area contributed by atoms with E-state index < -0.39 is 5.54 Å². The van der Waals surface area contributed by atoms with Crippen molar-refractivity contribution in [3.05, 3.63) is 71.2 Å². The fraction of sp³-hybridized carbons (Fsp3) is 0.394. The van der Waals surface area contributed by atoms with Gasteiger partial charge in [-0.3, -0.25) is 9.59 Å². The predicted molar refractivity (Wildman–Crippen MR) is 172 cm³/mol. The molecule has 4 aromatic rings. The van der Waals surface area contributed by atoms with Crippen molar-refractivity contribution in [3.8, 4) is 0 Å². The van der Waals surface area contributed by atoms with E-state index in [0.717, 1.165) is 69.6 Å². The molecule has 214 valence electrons. The van der Waals surface area contributed by atoms with Crippen molar-refractivity contribution in [1.29, 1.82) is 0 Å². The molecule has 1 atom stereocenters. The van der Waals surface area contributed by atoms with E-state index >= 15 is 0 Å². The van der Waals surface area contributed by atoms with Crippen molar-refractivity contribution >= 4 is 66.4 Å². The zero-order valence-electron chi connectivity index (χ0n) is 24.3. The Balaban J connectivity index is 1.23. The van der Waals surface area contributed by atoms with Gasteiger partial charge in [0.05, 0.1) is 0 Å². The molecule has 0 spiro atoms. The molecule has 1 aromatic heterocycles. The summed E-state index contributed by atoms with van der Waals surface area (Å²) in [6.07, 6.45) is 4.86. The van der Waals surface area contributed by atoms with Gasteiger partial charge in [0, 0.05) is 81.7 Å². The number of carbonyl (C=O) groups is 2. The van der Waals surface area contributed by atoms with Crippen molar-refractivity contribution in [1.82, 2.24) is 9.88 Å². The number of Topliss-reactive ketones (excluding diaryl/α,β-unsaturated/α-hetero) is 1. The second-order valence-electron chi connectivity index (χ2n) is 11.2. The van der Waals surface area contributed by atoms with E-state index in [1.807, 2.05) is 38.4 Å². The highest BCUT2D eigenvalue weighted by molar-refractivity contribution is 7.24. The van der Waals surface area contributed by atoms with Crippen LogP contribution in [0.4, 0.5) is 11.4 Å². The third-order valence-corrected chi connectivity index (χ3v) is 9.78. The summed E-state index contributed by atoms with van der Waals surface area (Å²) in [6.45, 7) is 0.827. The summed E-state index contributed by atoms with van der Waals surface area (Å²) in [7, 11) is 7.96. The van der Waals surface area contributed by atoms with Crippen LogP contribution in [-0.4, -0.2) is 56.3 Å². The number of hydrogen-bond acceptors (Lipinski definition) is 5. The topological polar surface area (TPSA) is 56.8 Å². The van der Waals surface area contributed by atoms with E-state index in [-0.39, 0.29) is 11.7 Å². The van der Waals surface area contributed by atoms with Crippen molar-refractivity contribution in [2.75, 3.05) is 44.5 Å². The third-order valence-electron chi connectivity index (χ3n) is 8.36. The molecule has 0 radical (unpaired) electrons. The highest BCUT2D eigenvalue weighted by Crippen LogP contribution is 2.42. The first-order chi connectivity index (χ1) is 19.7. The number of unbranched alkanes of at least 4 members (excludes halogenated alkanes) is 1. The Kier molecular flexibility index (Phi) is 8.76. The van der Waals surface area contributed by atoms with Gasteiger partial charge < -0.3 is 14.7 Å². The Labute approximate surface area is 251 Å². The molecule has 0 aliphatic heterocycles. The number of ketones is 1. The lowest BCUT2D eigenvalue weighted by atomic mass is 9.74. The maximum Gasteiger partial charge on any atom is 0.259 e. The Morgan fingerprint density at radius 3 is 2.29 bits per heavy atom. The number of likely N-dealkylation sites (N-methyl/N-ethyl adjacent to an activating group) is 1. The van der Waals surface area contributed by atoms with Gasteiger partial charge in [-0.2, -0.15) is 0 Å². The summed E-state index contributed by atoms with van der Waals surface area (Å²) in [6, 6.07) is 20.2. The second-order valence-corrected chi connectivity index (χ2v) is 12.7. The molecule has 0 bridgehead atoms. The normalized spacial score (nSPS) is 17.1. The first-order valence-electron chi connectivity index (χ1n) is 14.3. The Hall–Kier alpha value is -3.29. The van der Waals surface area contributed by atoms with Gasteiger partial charge >= 0.3 is 0 Å². The van der Waals surface area contributed by atoms with Gasteiger partial charge in [0.15, 0.2) is 5.78 Å². The van der Waals surface area contributed by atoms with Crippen LogP contribution < -0.4 is 9.80 Å². The summed E-state index contributed by atoms with van der Waals surface area (Å²) in [5.74, 6) is 0.0791. The highest BCUT2D eigenvalue weighted by Gasteiger charge is 2.47. The largest absolute Gasteiger partial charge is 0.377 e. The lowest BCUT2D eigenvalue weighted by molar-refractivity contribution is -0.148. The lowest BCUT2D eigenvalue weighted by Gasteiger charge is -2.44. The number of anilines is 2. The van der Waals surface area contributed by atoms with Gasteiger partial charge in [-0.25, -0.2) is 4.98 Å². The Morgan fingerprint density at radius 2 is 1.61 bits per heavy atom. The monoisotopic (exact) mass is 589 g/mol. The third kappa shape index (κ3) is 5.88. The lowest BCUT2D eigenvalue weighted by Crippen LogP contribution is -2.54. The van der Waals surface area contributed by atoms with Crippen molar-refractivity contribution in [2.45, 2.75) is 50.5 Å². The standard InChI is InChI=1S/C33H38ClN4O2S/c1-36(2)23-15-17-27-29(21-23)41-30-22-24(16-18-28(30)35-27)37(3)20-10-8-14-32(40)38(4)33(19-9-7-13-31(33)39)25-11-5-6-12-26(25)34/h5-6,11-12,15-18,21-22H,7-10,13-14,19-20H2,1-4H3/q+1. The zero-order chi connectivity index (χ0) is 29.1. The fourth-order valence-electron chi connectivity index (χ4n) is 5.88. The molecule has 1 aliphatic carbocycles. The minimum Gasteiger partial charge on any atom is -0.377 e. The number of nitrogens with zero attached hydrogens (tertiary/aromatic N) is 4. The molecule has 1 saturated carbocycles. The Bertz CT molecular complexity index is 1590. The van der Waals surface area contributed by atoms with Gasteiger partial charge in [0.25, 0.3) is 9.40 Å². The molecule has 1 unspecified atom stereocenters. The number of aromatic nitrogens is 1. The summed E-state index contributed by atoms with van der Waals surface area (Å²) in [5.41, 5.74) is 4.08. The molecule has 1 amide bonds. The van der Waals surface area contributed by atoms with Crippen molar-refractivity contribution in [2.24, 2.45) is 0 Å². The summed E-state index contributed by atoms with van der Waals surface area (Å²) in [5, 5.41) is 0.543. The van der Waals surface area contributed by atoms with Crippen LogP contribution in [0.1, 0.15) is 50.5 Å². The molecule has 1 aliphatic rings. The van der Waals surface area contributed by atoms with E-state index in [9.17, 15) is 9.59 Å². The summed E-state index contributed by atoms with van der Waals surface area (Å²) >= 11 is 8.32. The number of hydrogen-bond donors (Lipinski definition) is 0. The quantitative estimate of drug-likeness (QED) is 0.115. The SMILES string of the molecule is CN(C)c1ccc2nc3ccc(N(C)CCCCC(=O)N(C)C4(c5ccccc5Cl)CCCCC4=O)cc3[s+]c2c1. The van der Waals surface area contributed by atoms with Crippen LogP contribution in [0.3, 0.4) is 0 Å². The fourth-order valence-corrected chi connectivity index (χ4v) is 7.21. The summed E-state index contributed by atoms with van der Waals surface area (Å²) in [4.78, 5) is 37.6. The van der Waals surface area contributed by atoms with Crippen LogP contribution in [0.25, 0.3) is 20.4 Å². The van der Waals surface area contributed by atoms with Crippen LogP contribution >= 0.6 is 22.9 Å². The smallest absolute Gasteiger partial charge is 0.259 e. The molecule has 8 heteroatoms. The van der Waals surface area contributed by atoms with Gasteiger partial charge in [-0.15, -0.1) is 0 Å². The van der Waals surface area contributed by atoms with Crippen LogP contribution in [0.5, 0.6) is 0 Å².